The highest BCUT2D eigenvalue weighted by atomic mass is 16.5. The van der Waals surface area contributed by atoms with Crippen LogP contribution >= 0.6 is 0 Å². The maximum atomic E-state index is 13.5. The van der Waals surface area contributed by atoms with E-state index < -0.39 is 0 Å². The van der Waals surface area contributed by atoms with E-state index in [1.165, 1.54) is 5.56 Å². The van der Waals surface area contributed by atoms with Gasteiger partial charge in [-0.1, -0.05) is 48.0 Å². The lowest BCUT2D eigenvalue weighted by Crippen LogP contribution is -2.47. The normalized spacial score (nSPS) is 16.4. The van der Waals surface area contributed by atoms with Crippen molar-refractivity contribution in [3.05, 3.63) is 77.9 Å². The SMILES string of the molecule is Cc1ccc(-c2ccc(N3CCCN(C(=O)CN(CCN4CCOCC4)C(=O)c4ccccc4)CC3)nn2)cc1. The maximum Gasteiger partial charge on any atom is 0.254 e. The number of hydrogen-bond donors (Lipinski definition) is 0. The van der Waals surface area contributed by atoms with Crippen LogP contribution in [0.25, 0.3) is 11.3 Å². The van der Waals surface area contributed by atoms with Gasteiger partial charge >= 0.3 is 0 Å². The molecule has 2 fully saturated rings. The molecule has 2 aliphatic heterocycles. The van der Waals surface area contributed by atoms with Gasteiger partial charge in [0.15, 0.2) is 5.82 Å². The van der Waals surface area contributed by atoms with Crippen molar-refractivity contribution in [1.29, 1.82) is 0 Å². The van der Waals surface area contributed by atoms with Crippen LogP contribution in [0.15, 0.2) is 66.7 Å². The number of benzene rings is 2. The molecule has 0 unspecified atom stereocenters. The minimum Gasteiger partial charge on any atom is -0.379 e. The summed E-state index contributed by atoms with van der Waals surface area (Å²) in [7, 11) is 0. The first kappa shape index (κ1) is 27.7. The van der Waals surface area contributed by atoms with E-state index in [-0.39, 0.29) is 18.4 Å². The van der Waals surface area contributed by atoms with E-state index in [4.69, 9.17) is 4.74 Å². The van der Waals surface area contributed by atoms with Gasteiger partial charge in [0.1, 0.15) is 6.54 Å². The Labute approximate surface area is 236 Å². The lowest BCUT2D eigenvalue weighted by atomic mass is 10.1. The molecular weight excluding hydrogens is 504 g/mol. The number of carbonyl (C=O) groups is 2. The Morgan fingerprint density at radius 1 is 0.850 bits per heavy atom. The molecule has 0 saturated carbocycles. The molecule has 2 saturated heterocycles. The molecule has 2 aromatic carbocycles. The Hall–Kier alpha value is -3.82. The van der Waals surface area contributed by atoms with E-state index in [0.717, 1.165) is 49.7 Å². The zero-order valence-electron chi connectivity index (χ0n) is 23.2. The maximum absolute atomic E-state index is 13.5. The summed E-state index contributed by atoms with van der Waals surface area (Å²) in [6.07, 6.45) is 0.827. The number of carbonyl (C=O) groups excluding carboxylic acids is 2. The summed E-state index contributed by atoms with van der Waals surface area (Å²) in [6, 6.07) is 21.5. The van der Waals surface area contributed by atoms with Gasteiger partial charge in [-0.3, -0.25) is 14.5 Å². The summed E-state index contributed by atoms with van der Waals surface area (Å²) in [4.78, 5) is 34.9. The monoisotopic (exact) mass is 542 g/mol. The van der Waals surface area contributed by atoms with Crippen LogP contribution in [0.5, 0.6) is 0 Å². The lowest BCUT2D eigenvalue weighted by molar-refractivity contribution is -0.131. The molecule has 0 radical (unpaired) electrons. The van der Waals surface area contributed by atoms with Gasteiger partial charge in [0.05, 0.1) is 18.9 Å². The summed E-state index contributed by atoms with van der Waals surface area (Å²) in [6.45, 7) is 9.16. The second-order valence-electron chi connectivity index (χ2n) is 10.4. The van der Waals surface area contributed by atoms with Crippen LogP contribution in [-0.2, 0) is 9.53 Å². The molecule has 0 bridgehead atoms. The Kier molecular flexibility index (Phi) is 9.36. The molecule has 0 aliphatic carbocycles. The number of morpholine rings is 1. The van der Waals surface area contributed by atoms with E-state index in [2.05, 4.69) is 51.2 Å². The number of anilines is 1. The van der Waals surface area contributed by atoms with Gasteiger partial charge in [0.2, 0.25) is 5.91 Å². The van der Waals surface area contributed by atoms with Crippen molar-refractivity contribution in [2.75, 3.05) is 77.0 Å². The number of aromatic nitrogens is 2. The second-order valence-corrected chi connectivity index (χ2v) is 10.4. The van der Waals surface area contributed by atoms with Crippen LogP contribution in [0.2, 0.25) is 0 Å². The summed E-state index contributed by atoms with van der Waals surface area (Å²) in [5.74, 6) is 0.688. The third kappa shape index (κ3) is 7.22. The molecular formula is C31H38N6O3. The van der Waals surface area contributed by atoms with Gasteiger partial charge in [-0.15, -0.1) is 10.2 Å². The fourth-order valence-corrected chi connectivity index (χ4v) is 5.13. The Morgan fingerprint density at radius 2 is 1.62 bits per heavy atom. The Bertz CT molecular complexity index is 1250. The molecule has 9 heteroatoms. The predicted molar refractivity (Wildman–Crippen MR) is 155 cm³/mol. The molecule has 9 nitrogen and oxygen atoms in total. The molecule has 2 aliphatic rings. The highest BCUT2D eigenvalue weighted by molar-refractivity contribution is 5.96. The van der Waals surface area contributed by atoms with Crippen LogP contribution in [0, 0.1) is 6.92 Å². The van der Waals surface area contributed by atoms with Crippen LogP contribution in [-0.4, -0.2) is 109 Å². The molecule has 5 rings (SSSR count). The van der Waals surface area contributed by atoms with Crippen molar-refractivity contribution in [1.82, 2.24) is 24.9 Å². The topological polar surface area (TPSA) is 82.1 Å². The summed E-state index contributed by atoms with van der Waals surface area (Å²) < 4.78 is 5.45. The van der Waals surface area contributed by atoms with Crippen LogP contribution in [0.3, 0.4) is 0 Å². The van der Waals surface area contributed by atoms with Crippen molar-refractivity contribution in [3.8, 4) is 11.3 Å². The van der Waals surface area contributed by atoms with Gasteiger partial charge in [-0.05, 0) is 37.6 Å². The number of ether oxygens (including phenoxy) is 1. The van der Waals surface area contributed by atoms with Gasteiger partial charge < -0.3 is 19.4 Å². The quantitative estimate of drug-likeness (QED) is 0.433. The Balaban J connectivity index is 1.20. The minimum absolute atomic E-state index is 0.0195. The van der Waals surface area contributed by atoms with Crippen LogP contribution < -0.4 is 4.90 Å². The molecule has 0 N–H and O–H groups in total. The fourth-order valence-electron chi connectivity index (χ4n) is 5.13. The summed E-state index contributed by atoms with van der Waals surface area (Å²) >= 11 is 0. The molecule has 2 amide bonds. The second kappa shape index (κ2) is 13.5. The minimum atomic E-state index is -0.109. The molecule has 3 heterocycles. The van der Waals surface area contributed by atoms with Crippen molar-refractivity contribution in [2.45, 2.75) is 13.3 Å². The average molecular weight is 543 g/mol. The van der Waals surface area contributed by atoms with Crippen molar-refractivity contribution >= 4 is 17.6 Å². The van der Waals surface area contributed by atoms with Gasteiger partial charge in [-0.2, -0.15) is 0 Å². The first-order valence-corrected chi connectivity index (χ1v) is 14.1. The van der Waals surface area contributed by atoms with E-state index in [0.29, 0.717) is 45.0 Å². The molecule has 210 valence electrons. The summed E-state index contributed by atoms with van der Waals surface area (Å²) in [5.41, 5.74) is 3.70. The zero-order valence-corrected chi connectivity index (χ0v) is 23.2. The molecule has 0 spiro atoms. The first-order chi connectivity index (χ1) is 19.6. The van der Waals surface area contributed by atoms with Gasteiger partial charge in [-0.25, -0.2) is 0 Å². The fraction of sp³-hybridized carbons (Fsp3) is 0.419. The number of hydrogen-bond acceptors (Lipinski definition) is 7. The molecule has 40 heavy (non-hydrogen) atoms. The lowest BCUT2D eigenvalue weighted by Gasteiger charge is -2.31. The average Bonchev–Trinajstić information content (AvgIpc) is 3.27. The van der Waals surface area contributed by atoms with E-state index >= 15 is 0 Å². The Morgan fingerprint density at radius 3 is 2.35 bits per heavy atom. The van der Waals surface area contributed by atoms with Crippen molar-refractivity contribution in [2.24, 2.45) is 0 Å². The molecule has 0 atom stereocenters. The van der Waals surface area contributed by atoms with E-state index in [9.17, 15) is 9.59 Å². The van der Waals surface area contributed by atoms with Crippen molar-refractivity contribution in [3.63, 3.8) is 0 Å². The number of amides is 2. The van der Waals surface area contributed by atoms with Crippen molar-refractivity contribution < 1.29 is 14.3 Å². The first-order valence-electron chi connectivity index (χ1n) is 14.1. The highest BCUT2D eigenvalue weighted by Gasteiger charge is 2.25. The van der Waals surface area contributed by atoms with Gasteiger partial charge in [0.25, 0.3) is 5.91 Å². The largest absolute Gasteiger partial charge is 0.379 e. The number of nitrogens with zero attached hydrogens (tertiary/aromatic N) is 6. The van der Waals surface area contributed by atoms with Gasteiger partial charge in [0, 0.05) is 63.5 Å². The number of rotatable bonds is 8. The predicted octanol–water partition coefficient (Wildman–Crippen LogP) is 2.97. The van der Waals surface area contributed by atoms with Crippen LogP contribution in [0.1, 0.15) is 22.3 Å². The van der Waals surface area contributed by atoms with E-state index in [1.807, 2.05) is 47.4 Å². The summed E-state index contributed by atoms with van der Waals surface area (Å²) in [5, 5.41) is 8.95. The number of aryl methyl sites for hydroxylation is 1. The van der Waals surface area contributed by atoms with Crippen LogP contribution in [0.4, 0.5) is 5.82 Å². The molecule has 3 aromatic rings. The zero-order chi connectivity index (χ0) is 27.7. The smallest absolute Gasteiger partial charge is 0.254 e. The highest BCUT2D eigenvalue weighted by Crippen LogP contribution is 2.20. The van der Waals surface area contributed by atoms with E-state index in [1.54, 1.807) is 4.90 Å². The third-order valence-corrected chi connectivity index (χ3v) is 7.59. The molecule has 1 aromatic heterocycles. The third-order valence-electron chi connectivity index (χ3n) is 7.59. The standard InChI is InChI=1S/C31H38N6O3/c1-25-8-10-26(11-9-25)28-12-13-29(33-32-28)35-14-5-15-36(19-18-35)30(38)24-37(17-16-34-20-22-40-23-21-34)31(39)27-6-3-2-4-7-27/h2-4,6-13H,5,14-24H2,1H3.